The van der Waals surface area contributed by atoms with Crippen LogP contribution in [0.4, 0.5) is 0 Å². The van der Waals surface area contributed by atoms with Gasteiger partial charge in [-0.1, -0.05) is 6.07 Å². The van der Waals surface area contributed by atoms with E-state index in [2.05, 4.69) is 12.1 Å². The zero-order valence-corrected chi connectivity index (χ0v) is 12.0. The predicted octanol–water partition coefficient (Wildman–Crippen LogP) is 3.15. The molecule has 0 unspecified atom stereocenters. The molecule has 0 saturated heterocycles. The molecule has 1 aromatic carbocycles. The molecule has 3 fully saturated rings. The van der Waals surface area contributed by atoms with Crippen molar-refractivity contribution in [3.05, 3.63) is 29.3 Å². The van der Waals surface area contributed by atoms with Gasteiger partial charge in [-0.25, -0.2) is 0 Å². The van der Waals surface area contributed by atoms with E-state index in [1.807, 2.05) is 12.1 Å². The molecule has 3 saturated carbocycles. The third kappa shape index (κ3) is 1.91. The summed E-state index contributed by atoms with van der Waals surface area (Å²) < 4.78 is 5.23. The molecule has 106 valence electrons. The fourth-order valence-corrected chi connectivity index (χ4v) is 4.06. The maximum absolute atomic E-state index is 9.61. The fraction of sp³-hybridized carbons (Fsp3) is 0.588. The number of nitriles is 1. The summed E-state index contributed by atoms with van der Waals surface area (Å²) in [6.45, 7) is 0.329. The van der Waals surface area contributed by atoms with Crippen molar-refractivity contribution >= 4 is 0 Å². The molecule has 2 bridgehead atoms. The van der Waals surface area contributed by atoms with Crippen LogP contribution in [0.3, 0.4) is 0 Å². The second-order valence-electron chi connectivity index (χ2n) is 6.47. The monoisotopic (exact) mass is 271 g/mol. The van der Waals surface area contributed by atoms with Crippen molar-refractivity contribution in [2.75, 3.05) is 13.7 Å². The summed E-state index contributed by atoms with van der Waals surface area (Å²) in [7, 11) is 1.60. The van der Waals surface area contributed by atoms with Crippen molar-refractivity contribution in [2.45, 2.75) is 43.9 Å². The van der Waals surface area contributed by atoms with E-state index >= 15 is 0 Å². The first-order chi connectivity index (χ1) is 9.67. The maximum Gasteiger partial charge on any atom is 0.136 e. The smallest absolute Gasteiger partial charge is 0.136 e. The predicted molar refractivity (Wildman–Crippen MR) is 76.6 cm³/mol. The molecule has 1 N–H and O–H groups in total. The molecule has 0 atom stereocenters. The van der Waals surface area contributed by atoms with Crippen molar-refractivity contribution in [3.8, 4) is 11.8 Å². The summed E-state index contributed by atoms with van der Waals surface area (Å²) in [5.41, 5.74) is 2.31. The van der Waals surface area contributed by atoms with Crippen LogP contribution in [0.25, 0.3) is 0 Å². The van der Waals surface area contributed by atoms with E-state index < -0.39 is 0 Å². The number of aliphatic hydroxyl groups excluding tert-OH is 1. The number of methoxy groups -OCH3 is 1. The lowest BCUT2D eigenvalue weighted by Crippen LogP contribution is -2.45. The Labute approximate surface area is 120 Å². The Morgan fingerprint density at radius 1 is 1.20 bits per heavy atom. The Hall–Kier alpha value is -1.53. The van der Waals surface area contributed by atoms with Gasteiger partial charge in [0, 0.05) is 6.61 Å². The van der Waals surface area contributed by atoms with Gasteiger partial charge in [-0.15, -0.1) is 0 Å². The lowest BCUT2D eigenvalue weighted by molar-refractivity contribution is -0.00689. The van der Waals surface area contributed by atoms with Crippen LogP contribution in [0.1, 0.15) is 49.7 Å². The highest BCUT2D eigenvalue weighted by Gasteiger charge is 2.49. The molecular weight excluding hydrogens is 250 g/mol. The number of nitrogens with zero attached hydrogens (tertiary/aromatic N) is 1. The first kappa shape index (κ1) is 13.5. The number of rotatable bonds is 3. The lowest BCUT2D eigenvalue weighted by atomic mass is 9.52. The number of ether oxygens (including phenoxy) is 1. The standard InChI is InChI=1S/C17H21NO2/c1-20-15-3-2-14(10-13(15)11-18)17-7-4-16(12-19,5-8-17)6-9-17/h2-3,10,19H,4-9,12H2,1H3. The molecule has 0 amide bonds. The van der Waals surface area contributed by atoms with E-state index in [0.29, 0.717) is 17.9 Å². The number of fused-ring (bicyclic) bond motifs is 3. The third-order valence-corrected chi connectivity index (χ3v) is 5.67. The molecule has 0 spiro atoms. The van der Waals surface area contributed by atoms with Gasteiger partial charge in [0.15, 0.2) is 0 Å². The van der Waals surface area contributed by atoms with E-state index in [1.54, 1.807) is 7.11 Å². The highest BCUT2D eigenvalue weighted by Crippen LogP contribution is 2.57. The molecule has 0 aromatic heterocycles. The van der Waals surface area contributed by atoms with Gasteiger partial charge in [0.1, 0.15) is 11.8 Å². The number of benzene rings is 1. The maximum atomic E-state index is 9.61. The van der Waals surface area contributed by atoms with Crippen molar-refractivity contribution in [3.63, 3.8) is 0 Å². The first-order valence-corrected chi connectivity index (χ1v) is 7.37. The van der Waals surface area contributed by atoms with Gasteiger partial charge >= 0.3 is 0 Å². The van der Waals surface area contributed by atoms with Crippen molar-refractivity contribution in [1.29, 1.82) is 5.26 Å². The van der Waals surface area contributed by atoms with E-state index in [0.717, 1.165) is 38.5 Å². The number of hydrogen-bond acceptors (Lipinski definition) is 3. The molecule has 3 heteroatoms. The molecule has 3 nitrogen and oxygen atoms in total. The van der Waals surface area contributed by atoms with Crippen LogP contribution in [-0.2, 0) is 5.41 Å². The molecule has 3 aliphatic carbocycles. The summed E-state index contributed by atoms with van der Waals surface area (Å²) in [6.07, 6.45) is 6.71. The van der Waals surface area contributed by atoms with E-state index in [-0.39, 0.29) is 10.8 Å². The van der Waals surface area contributed by atoms with Gasteiger partial charge in [0.05, 0.1) is 12.7 Å². The van der Waals surface area contributed by atoms with Gasteiger partial charge in [-0.05, 0) is 67.1 Å². The Morgan fingerprint density at radius 2 is 1.85 bits per heavy atom. The van der Waals surface area contributed by atoms with Gasteiger partial charge in [0.2, 0.25) is 0 Å². The van der Waals surface area contributed by atoms with Crippen LogP contribution in [0, 0.1) is 16.7 Å². The molecule has 20 heavy (non-hydrogen) atoms. The molecule has 4 rings (SSSR count). The van der Waals surface area contributed by atoms with Gasteiger partial charge in [0.25, 0.3) is 0 Å². The van der Waals surface area contributed by atoms with Crippen molar-refractivity contribution in [1.82, 2.24) is 0 Å². The van der Waals surface area contributed by atoms with E-state index in [4.69, 9.17) is 4.74 Å². The van der Waals surface area contributed by atoms with Crippen LogP contribution >= 0.6 is 0 Å². The minimum atomic E-state index is 0.187. The molecule has 0 radical (unpaired) electrons. The van der Waals surface area contributed by atoms with Gasteiger partial charge in [-0.2, -0.15) is 5.26 Å². The molecule has 1 aromatic rings. The second-order valence-corrected chi connectivity index (χ2v) is 6.47. The Balaban J connectivity index is 1.93. The van der Waals surface area contributed by atoms with Crippen LogP contribution in [-0.4, -0.2) is 18.8 Å². The first-order valence-electron chi connectivity index (χ1n) is 7.37. The van der Waals surface area contributed by atoms with Crippen LogP contribution in [0.15, 0.2) is 18.2 Å². The second kappa shape index (κ2) is 4.79. The fourth-order valence-electron chi connectivity index (χ4n) is 4.06. The van der Waals surface area contributed by atoms with Crippen molar-refractivity contribution < 1.29 is 9.84 Å². The average molecular weight is 271 g/mol. The lowest BCUT2D eigenvalue weighted by Gasteiger charge is -2.53. The number of aliphatic hydroxyl groups is 1. The minimum absolute atomic E-state index is 0.187. The third-order valence-electron chi connectivity index (χ3n) is 5.67. The summed E-state index contributed by atoms with van der Waals surface area (Å²) in [5.74, 6) is 0.656. The van der Waals surface area contributed by atoms with Crippen LogP contribution < -0.4 is 4.74 Å². The van der Waals surface area contributed by atoms with Gasteiger partial charge in [-0.3, -0.25) is 0 Å². The molecular formula is C17H21NO2. The Kier molecular flexibility index (Phi) is 3.22. The Bertz CT molecular complexity index is 534. The van der Waals surface area contributed by atoms with E-state index in [9.17, 15) is 10.4 Å². The summed E-state index contributed by atoms with van der Waals surface area (Å²) >= 11 is 0. The zero-order valence-electron chi connectivity index (χ0n) is 12.0. The van der Waals surface area contributed by atoms with Crippen molar-refractivity contribution in [2.24, 2.45) is 5.41 Å². The SMILES string of the molecule is COc1ccc(C23CCC(CO)(CC2)CC3)cc1C#N. The quantitative estimate of drug-likeness (QED) is 0.918. The molecule has 0 aliphatic heterocycles. The van der Waals surface area contributed by atoms with Crippen LogP contribution in [0.5, 0.6) is 5.75 Å². The van der Waals surface area contributed by atoms with Crippen LogP contribution in [0.2, 0.25) is 0 Å². The summed E-state index contributed by atoms with van der Waals surface area (Å²) in [4.78, 5) is 0. The van der Waals surface area contributed by atoms with E-state index in [1.165, 1.54) is 5.56 Å². The normalized spacial score (nSPS) is 31.9. The zero-order chi connectivity index (χ0) is 14.2. The highest BCUT2D eigenvalue weighted by molar-refractivity contribution is 5.47. The summed E-state index contributed by atoms with van der Waals surface area (Å²) in [6, 6.07) is 8.29. The minimum Gasteiger partial charge on any atom is -0.495 e. The Morgan fingerprint density at radius 3 is 2.35 bits per heavy atom. The topological polar surface area (TPSA) is 53.2 Å². The van der Waals surface area contributed by atoms with Gasteiger partial charge < -0.3 is 9.84 Å². The molecule has 0 heterocycles. The highest BCUT2D eigenvalue weighted by atomic mass is 16.5. The largest absolute Gasteiger partial charge is 0.495 e. The average Bonchev–Trinajstić information content (AvgIpc) is 2.55. The molecule has 3 aliphatic rings. The summed E-state index contributed by atoms with van der Waals surface area (Å²) in [5, 5.41) is 18.9. The number of hydrogen-bond donors (Lipinski definition) is 1.